The first-order valence-corrected chi connectivity index (χ1v) is 9.06. The van der Waals surface area contributed by atoms with Crippen molar-refractivity contribution in [3.05, 3.63) is 71.1 Å². The van der Waals surface area contributed by atoms with Crippen LogP contribution >= 0.6 is 0 Å². The van der Waals surface area contributed by atoms with Gasteiger partial charge in [-0.05, 0) is 25.1 Å². The number of halogens is 3. The highest BCUT2D eigenvalue weighted by molar-refractivity contribution is 5.54. The monoisotopic (exact) mass is 399 g/mol. The molecule has 148 valence electrons. The van der Waals surface area contributed by atoms with Crippen LogP contribution in [0.1, 0.15) is 40.8 Å². The summed E-state index contributed by atoms with van der Waals surface area (Å²) in [4.78, 5) is 17.7. The first-order chi connectivity index (χ1) is 14.0. The fraction of sp³-hybridized carbons (Fsp3) is 0.263. The number of hydrogen-bond donors (Lipinski definition) is 1. The minimum atomic E-state index is -2.64. The average Bonchev–Trinajstić information content (AvgIpc) is 3.38. The predicted molar refractivity (Wildman–Crippen MR) is 98.4 cm³/mol. The van der Waals surface area contributed by atoms with Crippen molar-refractivity contribution in [2.24, 2.45) is 0 Å². The van der Waals surface area contributed by atoms with Crippen LogP contribution in [-0.2, 0) is 6.42 Å². The van der Waals surface area contributed by atoms with Crippen molar-refractivity contribution in [3.8, 4) is 0 Å². The van der Waals surface area contributed by atoms with Gasteiger partial charge in [0.25, 0.3) is 6.43 Å². The molecule has 0 radical (unpaired) electrons. The third-order valence-corrected chi connectivity index (χ3v) is 5.15. The van der Waals surface area contributed by atoms with Gasteiger partial charge in [0, 0.05) is 36.7 Å². The zero-order valence-electron chi connectivity index (χ0n) is 15.4. The number of anilines is 1. The fourth-order valence-electron chi connectivity index (χ4n) is 3.71. The number of aromatic amines is 1. The van der Waals surface area contributed by atoms with Crippen LogP contribution in [0, 0.1) is 12.7 Å². The van der Waals surface area contributed by atoms with Crippen LogP contribution in [0.5, 0.6) is 0 Å². The lowest BCUT2D eigenvalue weighted by Crippen LogP contribution is -2.37. The van der Waals surface area contributed by atoms with Crippen LogP contribution in [0.2, 0.25) is 0 Å². The number of aromatic nitrogens is 6. The molecule has 7 nitrogen and oxygen atoms in total. The number of pyridine rings is 1. The van der Waals surface area contributed by atoms with Gasteiger partial charge in [-0.15, -0.1) is 0 Å². The summed E-state index contributed by atoms with van der Waals surface area (Å²) in [6, 6.07) is 4.27. The molecule has 10 heteroatoms. The van der Waals surface area contributed by atoms with Gasteiger partial charge in [0.1, 0.15) is 17.4 Å². The first kappa shape index (κ1) is 17.7. The van der Waals surface area contributed by atoms with Crippen molar-refractivity contribution in [1.82, 2.24) is 29.5 Å². The fourth-order valence-corrected chi connectivity index (χ4v) is 3.71. The van der Waals surface area contributed by atoms with E-state index in [1.54, 1.807) is 23.0 Å². The molecular formula is C19H16F3N7. The molecule has 0 aliphatic carbocycles. The Morgan fingerprint density at radius 3 is 2.69 bits per heavy atom. The number of nitrogens with zero attached hydrogens (tertiary/aromatic N) is 6. The van der Waals surface area contributed by atoms with Crippen LogP contribution in [-0.4, -0.2) is 36.1 Å². The number of H-pyrrole nitrogens is 1. The van der Waals surface area contributed by atoms with Crippen LogP contribution < -0.4 is 4.90 Å². The van der Waals surface area contributed by atoms with E-state index in [9.17, 15) is 13.2 Å². The van der Waals surface area contributed by atoms with Gasteiger partial charge in [0.15, 0.2) is 0 Å². The van der Waals surface area contributed by atoms with Gasteiger partial charge in [0.2, 0.25) is 5.95 Å². The maximum atomic E-state index is 14.3. The lowest BCUT2D eigenvalue weighted by molar-refractivity contribution is 0.150. The van der Waals surface area contributed by atoms with Gasteiger partial charge in [-0.1, -0.05) is 0 Å². The standard InChI is InChI=1S/C19H16F3N7/c1-10-2-3-12(20)15-6-14(27-29(10)15)17-16-13(25-9-26-16)4-5-28(17)19-23-7-11(8-24-19)18(21)22/h2-3,6-9,17-18H,4-5H2,1H3,(H,25,26)/t17-/m0/s1. The zero-order valence-corrected chi connectivity index (χ0v) is 15.4. The number of hydrogen-bond acceptors (Lipinski definition) is 5. The molecule has 0 aromatic carbocycles. The number of nitrogens with one attached hydrogen (secondary N) is 1. The van der Waals surface area contributed by atoms with E-state index in [2.05, 4.69) is 25.0 Å². The zero-order chi connectivity index (χ0) is 20.1. The number of rotatable bonds is 3. The number of aryl methyl sites for hydroxylation is 1. The van der Waals surface area contributed by atoms with Crippen molar-refractivity contribution in [3.63, 3.8) is 0 Å². The molecule has 4 aromatic heterocycles. The lowest BCUT2D eigenvalue weighted by Gasteiger charge is -2.33. The molecule has 5 heterocycles. The van der Waals surface area contributed by atoms with Crippen molar-refractivity contribution < 1.29 is 13.2 Å². The van der Waals surface area contributed by atoms with Crippen LogP contribution in [0.25, 0.3) is 5.52 Å². The maximum Gasteiger partial charge on any atom is 0.266 e. The van der Waals surface area contributed by atoms with E-state index in [1.807, 2.05) is 11.8 Å². The van der Waals surface area contributed by atoms with Crippen LogP contribution in [0.15, 0.2) is 36.9 Å². The summed E-state index contributed by atoms with van der Waals surface area (Å²) in [5.74, 6) is -0.0844. The molecule has 0 saturated carbocycles. The molecule has 0 unspecified atom stereocenters. The van der Waals surface area contributed by atoms with E-state index in [-0.39, 0.29) is 11.4 Å². The molecule has 1 aliphatic rings. The summed E-state index contributed by atoms with van der Waals surface area (Å²) < 4.78 is 41.6. The third-order valence-electron chi connectivity index (χ3n) is 5.15. The van der Waals surface area contributed by atoms with E-state index in [4.69, 9.17) is 0 Å². The van der Waals surface area contributed by atoms with E-state index in [1.165, 1.54) is 6.07 Å². The first-order valence-electron chi connectivity index (χ1n) is 9.06. The van der Waals surface area contributed by atoms with E-state index >= 15 is 0 Å². The second-order valence-corrected chi connectivity index (χ2v) is 6.92. The van der Waals surface area contributed by atoms with Gasteiger partial charge in [-0.2, -0.15) is 5.10 Å². The minimum Gasteiger partial charge on any atom is -0.348 e. The highest BCUT2D eigenvalue weighted by Gasteiger charge is 2.35. The summed E-state index contributed by atoms with van der Waals surface area (Å²) in [5, 5.41) is 4.60. The van der Waals surface area contributed by atoms with Gasteiger partial charge < -0.3 is 9.88 Å². The van der Waals surface area contributed by atoms with E-state index in [0.717, 1.165) is 29.5 Å². The summed E-state index contributed by atoms with van der Waals surface area (Å²) in [6.45, 7) is 2.37. The topological polar surface area (TPSA) is 75.0 Å². The third kappa shape index (κ3) is 2.82. The molecule has 0 spiro atoms. The minimum absolute atomic E-state index is 0.242. The van der Waals surface area contributed by atoms with Gasteiger partial charge in [0.05, 0.1) is 23.3 Å². The van der Waals surface area contributed by atoms with Crippen LogP contribution in [0.4, 0.5) is 19.1 Å². The molecule has 0 bridgehead atoms. The second kappa shape index (κ2) is 6.57. The van der Waals surface area contributed by atoms with Crippen LogP contribution in [0.3, 0.4) is 0 Å². The molecule has 5 rings (SSSR count). The predicted octanol–water partition coefficient (Wildman–Crippen LogP) is 3.38. The van der Waals surface area contributed by atoms with Crippen molar-refractivity contribution in [2.75, 3.05) is 11.4 Å². The molecule has 4 aromatic rings. The van der Waals surface area contributed by atoms with Gasteiger partial charge in [-0.3, -0.25) is 0 Å². The SMILES string of the molecule is Cc1ccc(F)c2cc([C@H]3c4nc[nH]c4CCN3c3ncc(C(F)F)cn3)nn12. The maximum absolute atomic E-state index is 14.3. The smallest absolute Gasteiger partial charge is 0.266 e. The van der Waals surface area contributed by atoms with Crippen molar-refractivity contribution in [2.45, 2.75) is 25.8 Å². The number of alkyl halides is 2. The highest BCUT2D eigenvalue weighted by Crippen LogP contribution is 2.35. The summed E-state index contributed by atoms with van der Waals surface area (Å²) in [6.07, 6.45) is 1.87. The Morgan fingerprint density at radius 2 is 1.97 bits per heavy atom. The Kier molecular flexibility index (Phi) is 4.00. The van der Waals surface area contributed by atoms with Crippen molar-refractivity contribution in [1.29, 1.82) is 0 Å². The van der Waals surface area contributed by atoms with E-state index in [0.29, 0.717) is 30.1 Å². The Balaban J connectivity index is 1.64. The van der Waals surface area contributed by atoms with Gasteiger partial charge >= 0.3 is 0 Å². The Morgan fingerprint density at radius 1 is 1.17 bits per heavy atom. The highest BCUT2D eigenvalue weighted by atomic mass is 19.3. The normalized spacial score (nSPS) is 16.6. The number of imidazole rings is 1. The summed E-state index contributed by atoms with van der Waals surface area (Å²) in [7, 11) is 0. The largest absolute Gasteiger partial charge is 0.348 e. The molecule has 0 fully saturated rings. The molecule has 1 atom stereocenters. The Labute approximate surface area is 163 Å². The number of fused-ring (bicyclic) bond motifs is 2. The average molecular weight is 399 g/mol. The molecule has 0 saturated heterocycles. The van der Waals surface area contributed by atoms with Gasteiger partial charge in [-0.25, -0.2) is 32.6 Å². The summed E-state index contributed by atoms with van der Waals surface area (Å²) in [5.41, 5.74) is 3.16. The van der Waals surface area contributed by atoms with Crippen molar-refractivity contribution >= 4 is 11.5 Å². The summed E-state index contributed by atoms with van der Waals surface area (Å²) >= 11 is 0. The molecule has 29 heavy (non-hydrogen) atoms. The molecule has 1 N–H and O–H groups in total. The molecule has 1 aliphatic heterocycles. The quantitative estimate of drug-likeness (QED) is 0.572. The molecular weight excluding hydrogens is 383 g/mol. The Hall–Kier alpha value is -3.43. The Bertz CT molecular complexity index is 1140. The second-order valence-electron chi connectivity index (χ2n) is 6.92. The lowest BCUT2D eigenvalue weighted by atomic mass is 10.00. The molecule has 0 amide bonds. The van der Waals surface area contributed by atoms with E-state index < -0.39 is 12.5 Å².